The fraction of sp³-hybridized carbons (Fsp3) is 0.966. The smallest absolute Gasteiger partial charge is 0.187 e. The van der Waals surface area contributed by atoms with Gasteiger partial charge in [0.05, 0.1) is 63.1 Å². The Balaban J connectivity index is 0.937. The lowest BCUT2D eigenvalue weighted by Crippen LogP contribution is -2.68. The van der Waals surface area contributed by atoms with Crippen molar-refractivity contribution in [2.24, 2.45) is 51.2 Å². The van der Waals surface area contributed by atoms with Gasteiger partial charge in [-0.05, 0) is 124 Å². The van der Waals surface area contributed by atoms with Crippen LogP contribution in [-0.4, -0.2) is 268 Å². The molecular formula is C58H98O25. The Morgan fingerprint density at radius 3 is 1.70 bits per heavy atom. The molecule has 9 fully saturated rings. The third kappa shape index (κ3) is 11.6. The zero-order valence-electron chi connectivity index (χ0n) is 49.0. The third-order valence-corrected chi connectivity index (χ3v) is 22.6. The van der Waals surface area contributed by atoms with E-state index in [-0.39, 0.29) is 41.1 Å². The van der Waals surface area contributed by atoms with Crippen molar-refractivity contribution in [2.45, 2.75) is 266 Å². The molecule has 33 atom stereocenters. The third-order valence-electron chi connectivity index (χ3n) is 22.6. The summed E-state index contributed by atoms with van der Waals surface area (Å²) >= 11 is 0. The van der Waals surface area contributed by atoms with Gasteiger partial charge in [-0.1, -0.05) is 46.3 Å². The van der Waals surface area contributed by atoms with Crippen molar-refractivity contribution < 1.29 is 124 Å². The summed E-state index contributed by atoms with van der Waals surface area (Å²) in [5.74, 6) is -1.29. The summed E-state index contributed by atoms with van der Waals surface area (Å²) in [5.41, 5.74) is -1.68. The number of ether oxygens (including phenoxy) is 9. The first-order valence-electron chi connectivity index (χ1n) is 30.1. The Hall–Kier alpha value is -1.26. The Morgan fingerprint density at radius 2 is 1.10 bits per heavy atom. The van der Waals surface area contributed by atoms with Gasteiger partial charge >= 0.3 is 0 Å². The van der Waals surface area contributed by atoms with Crippen LogP contribution >= 0.6 is 0 Å². The van der Waals surface area contributed by atoms with E-state index < -0.39 is 196 Å². The highest BCUT2D eigenvalue weighted by Gasteiger charge is 2.72. The summed E-state index contributed by atoms with van der Waals surface area (Å²) in [6, 6.07) is 0. The van der Waals surface area contributed by atoms with Crippen LogP contribution in [0.3, 0.4) is 0 Å². The molecule has 25 heteroatoms. The monoisotopic (exact) mass is 1190 g/mol. The van der Waals surface area contributed by atoms with Gasteiger partial charge in [0.25, 0.3) is 0 Å². The van der Waals surface area contributed by atoms with E-state index in [4.69, 9.17) is 42.6 Å². The average molecular weight is 1200 g/mol. The van der Waals surface area contributed by atoms with Gasteiger partial charge in [-0.25, -0.2) is 0 Å². The molecule has 0 bridgehead atoms. The zero-order valence-corrected chi connectivity index (χ0v) is 49.0. The van der Waals surface area contributed by atoms with Crippen molar-refractivity contribution in [2.75, 3.05) is 33.0 Å². The maximum absolute atomic E-state index is 12.9. The van der Waals surface area contributed by atoms with Gasteiger partial charge in [-0.15, -0.1) is 0 Å². The van der Waals surface area contributed by atoms with Crippen LogP contribution in [0.25, 0.3) is 0 Å². The molecule has 9 aliphatic rings. The topological polar surface area (TPSA) is 407 Å². The van der Waals surface area contributed by atoms with E-state index in [1.165, 1.54) is 0 Å². The summed E-state index contributed by atoms with van der Waals surface area (Å²) in [6.07, 6.45) is -28.0. The standard InChI is InChI=1S/C58H98O25/c1-24(2)10-9-14-58(8,83-51-46(74)41(69)40(68)31(79-51)23-75-47-25(19-59)36(64)42(47)70)26-11-16-57(7)35(26)27(62)18-33-55(5)15-13-34(54(3,4)32(55)12-17-56(33,57)6)80-52-48(43(71)38(66)29(20-60)77-52)82-53-49(44(72)39(67)30(21-61)78-53)81-50-45(73)37(65)28(63)22-76-50/h10,25-53,59-74H,9,11-23H2,1-8H3/t25-,26-,27+,28+,29+,30+,31+,32+,33+,34-,35+,36+,37-,38+,39+,40-,41-,42+,43-,44-,45-,46+,47+,48-,49-,50-,51-,52-,53-,55-,56+,57+,58?/m0/s1. The van der Waals surface area contributed by atoms with Crippen LogP contribution in [0.2, 0.25) is 0 Å². The van der Waals surface area contributed by atoms with Gasteiger partial charge in [0, 0.05) is 5.92 Å². The van der Waals surface area contributed by atoms with Crippen molar-refractivity contribution in [3.8, 4) is 0 Å². The van der Waals surface area contributed by atoms with Crippen molar-refractivity contribution in [3.05, 3.63) is 11.6 Å². The highest BCUT2D eigenvalue weighted by molar-refractivity contribution is 5.21. The number of hydrogen-bond donors (Lipinski definition) is 16. The molecule has 480 valence electrons. The minimum Gasteiger partial charge on any atom is -0.396 e. The minimum atomic E-state index is -1.88. The van der Waals surface area contributed by atoms with Crippen LogP contribution in [0.4, 0.5) is 0 Å². The molecule has 0 amide bonds. The lowest BCUT2D eigenvalue weighted by molar-refractivity contribution is -0.395. The lowest BCUT2D eigenvalue weighted by atomic mass is 9.35. The van der Waals surface area contributed by atoms with Crippen LogP contribution in [0.5, 0.6) is 0 Å². The molecule has 83 heavy (non-hydrogen) atoms. The summed E-state index contributed by atoms with van der Waals surface area (Å²) in [5, 5.41) is 174. The molecular weight excluding hydrogens is 1100 g/mol. The molecule has 0 aromatic rings. The molecule has 5 saturated carbocycles. The van der Waals surface area contributed by atoms with Crippen LogP contribution in [-0.2, 0) is 42.6 Å². The quantitative estimate of drug-likeness (QED) is 0.0486. The molecule has 0 aromatic carbocycles. The fourth-order valence-electron chi connectivity index (χ4n) is 17.4. The van der Waals surface area contributed by atoms with E-state index in [1.807, 2.05) is 20.8 Å². The second-order valence-electron chi connectivity index (χ2n) is 27.7. The predicted octanol–water partition coefficient (Wildman–Crippen LogP) is -2.83. The molecule has 0 aromatic heterocycles. The van der Waals surface area contributed by atoms with E-state index in [1.54, 1.807) is 0 Å². The number of aliphatic hydroxyl groups excluding tert-OH is 16. The summed E-state index contributed by atoms with van der Waals surface area (Å²) in [6.45, 7) is 14.4. The van der Waals surface area contributed by atoms with Gasteiger partial charge in [0.1, 0.15) is 97.7 Å². The molecule has 0 spiro atoms. The van der Waals surface area contributed by atoms with Gasteiger partial charge in [0.15, 0.2) is 25.2 Å². The molecule has 16 N–H and O–H groups in total. The van der Waals surface area contributed by atoms with E-state index in [9.17, 15) is 81.7 Å². The predicted molar refractivity (Wildman–Crippen MR) is 285 cm³/mol. The molecule has 4 saturated heterocycles. The maximum Gasteiger partial charge on any atom is 0.187 e. The van der Waals surface area contributed by atoms with Gasteiger partial charge < -0.3 is 124 Å². The number of hydrogen-bond acceptors (Lipinski definition) is 25. The summed E-state index contributed by atoms with van der Waals surface area (Å²) in [4.78, 5) is 0. The van der Waals surface area contributed by atoms with Crippen LogP contribution in [0.15, 0.2) is 11.6 Å². The van der Waals surface area contributed by atoms with Crippen molar-refractivity contribution in [1.29, 1.82) is 0 Å². The van der Waals surface area contributed by atoms with Crippen LogP contribution in [0, 0.1) is 51.2 Å². The van der Waals surface area contributed by atoms with Crippen LogP contribution in [0.1, 0.15) is 113 Å². The summed E-state index contributed by atoms with van der Waals surface area (Å²) < 4.78 is 55.7. The Labute approximate surface area is 485 Å². The van der Waals surface area contributed by atoms with E-state index in [0.29, 0.717) is 38.5 Å². The second-order valence-corrected chi connectivity index (χ2v) is 27.7. The van der Waals surface area contributed by atoms with Crippen molar-refractivity contribution >= 4 is 0 Å². The minimum absolute atomic E-state index is 0.00543. The first kappa shape index (κ1) is 66.2. The molecule has 0 radical (unpaired) electrons. The molecule has 25 nitrogen and oxygen atoms in total. The SMILES string of the molecule is CC(C)=CCCC(C)(O[C@@H]1O[C@H](CO[C@H]2[C@H](O)[C@H](O)[C@@H]2CO)[C@H](O)[C@H](O)[C@H]1O)[C@H]1CC[C@]2(C)[C@H]1[C@H](O)C[C@@H]1[C@@]3(C)CC[C@H](O[C@@H]4O[C@H](CO)[C@@H](O)[C@H](O)[C@@H]4O[C@@H]4O[C@H](CO)[C@@H](O)[C@H](O)[C@@H]4O[C@@H]4OC[C@@H](O)[C@H](O)[C@@H]4O)C(C)(C)[C@H]3CC[C@]12C. The summed E-state index contributed by atoms with van der Waals surface area (Å²) in [7, 11) is 0. The van der Waals surface area contributed by atoms with Crippen LogP contribution < -0.4 is 0 Å². The Morgan fingerprint density at radius 1 is 0.542 bits per heavy atom. The average Bonchev–Trinajstić information content (AvgIpc) is 2.02. The number of allylic oxidation sites excluding steroid dienone is 2. The maximum atomic E-state index is 12.9. The van der Waals surface area contributed by atoms with E-state index in [0.717, 1.165) is 24.8 Å². The normalized spacial score (nSPS) is 53.2. The molecule has 4 heterocycles. The molecule has 9 rings (SSSR count). The largest absolute Gasteiger partial charge is 0.396 e. The molecule has 5 aliphatic carbocycles. The van der Waals surface area contributed by atoms with Crippen molar-refractivity contribution in [3.63, 3.8) is 0 Å². The number of fused-ring (bicyclic) bond motifs is 5. The van der Waals surface area contributed by atoms with E-state index in [2.05, 4.69) is 40.7 Å². The van der Waals surface area contributed by atoms with Gasteiger partial charge in [-0.2, -0.15) is 0 Å². The Kier molecular flexibility index (Phi) is 20.1. The van der Waals surface area contributed by atoms with Gasteiger partial charge in [0.2, 0.25) is 0 Å². The molecule has 4 aliphatic heterocycles. The number of aliphatic hydroxyl groups is 16. The fourth-order valence-corrected chi connectivity index (χ4v) is 17.4. The molecule has 1 unspecified atom stereocenters. The van der Waals surface area contributed by atoms with Gasteiger partial charge in [-0.3, -0.25) is 0 Å². The lowest BCUT2D eigenvalue weighted by Gasteiger charge is -2.71. The first-order valence-corrected chi connectivity index (χ1v) is 30.1. The highest BCUT2D eigenvalue weighted by Crippen LogP contribution is 2.76. The zero-order chi connectivity index (χ0) is 60.8. The number of rotatable bonds is 18. The Bertz CT molecular complexity index is 2190. The van der Waals surface area contributed by atoms with Crippen molar-refractivity contribution in [1.82, 2.24) is 0 Å². The highest BCUT2D eigenvalue weighted by atomic mass is 16.8. The second kappa shape index (κ2) is 25.2. The van der Waals surface area contributed by atoms with E-state index >= 15 is 0 Å². The first-order chi connectivity index (χ1) is 38.9.